The first kappa shape index (κ1) is 13.7. The van der Waals surface area contributed by atoms with Crippen LogP contribution in [0.1, 0.15) is 27.0 Å². The lowest BCUT2D eigenvalue weighted by Crippen LogP contribution is -2.34. The molecule has 0 aliphatic rings. The number of nitrogens with one attached hydrogen (secondary N) is 1. The highest BCUT2D eigenvalue weighted by atomic mass is 32.1. The second-order valence-electron chi connectivity index (χ2n) is 3.62. The minimum atomic E-state index is -0.926. The molecule has 94 valence electrons. The summed E-state index contributed by atoms with van der Waals surface area (Å²) in [4.78, 5) is 23.2. The van der Waals surface area contributed by atoms with E-state index in [1.54, 1.807) is 13.0 Å². The zero-order valence-electron chi connectivity index (χ0n) is 9.94. The maximum atomic E-state index is 11.2. The molecule has 0 amide bonds. The number of hydrogen-bond acceptors (Lipinski definition) is 5. The minimum absolute atomic E-state index is 0.310. The third-order valence-corrected chi connectivity index (χ3v) is 3.47. The molecule has 0 aliphatic carbocycles. The first-order valence-corrected chi connectivity index (χ1v) is 5.91. The van der Waals surface area contributed by atoms with Gasteiger partial charge in [-0.15, -0.1) is 11.3 Å². The molecule has 0 aliphatic heterocycles. The number of carbonyl (C=O) groups excluding carboxylic acids is 1. The molecule has 0 fully saturated rings. The van der Waals surface area contributed by atoms with Gasteiger partial charge in [0.05, 0.1) is 7.11 Å². The van der Waals surface area contributed by atoms with Crippen LogP contribution in [0.4, 0.5) is 0 Å². The number of aryl methyl sites for hydroxylation is 1. The van der Waals surface area contributed by atoms with Gasteiger partial charge in [0.15, 0.2) is 0 Å². The van der Waals surface area contributed by atoms with E-state index < -0.39 is 12.0 Å². The van der Waals surface area contributed by atoms with Gasteiger partial charge in [-0.25, -0.2) is 4.79 Å². The second kappa shape index (κ2) is 5.79. The summed E-state index contributed by atoms with van der Waals surface area (Å²) in [5.74, 6) is -1.26. The monoisotopic (exact) mass is 257 g/mol. The smallest absolute Gasteiger partial charge is 0.345 e. The Kier molecular flexibility index (Phi) is 4.65. The van der Waals surface area contributed by atoms with E-state index in [2.05, 4.69) is 10.1 Å². The molecular weight excluding hydrogens is 242 g/mol. The molecule has 0 radical (unpaired) electrons. The van der Waals surface area contributed by atoms with E-state index in [-0.39, 0.29) is 5.97 Å². The average Bonchev–Trinajstić information content (AvgIpc) is 2.66. The molecule has 0 saturated carbocycles. The predicted octanol–water partition coefficient (Wildman–Crippen LogP) is 1.41. The maximum absolute atomic E-state index is 11.2. The second-order valence-corrected chi connectivity index (χ2v) is 4.88. The number of thiophene rings is 1. The molecule has 1 heterocycles. The van der Waals surface area contributed by atoms with Crippen molar-refractivity contribution in [2.24, 2.45) is 0 Å². The van der Waals surface area contributed by atoms with Gasteiger partial charge in [-0.05, 0) is 25.5 Å². The van der Waals surface area contributed by atoms with E-state index in [0.29, 0.717) is 11.4 Å². The Hall–Kier alpha value is -1.40. The molecule has 17 heavy (non-hydrogen) atoms. The van der Waals surface area contributed by atoms with E-state index in [1.807, 2.05) is 6.92 Å². The maximum Gasteiger partial charge on any atom is 0.345 e. The van der Waals surface area contributed by atoms with Crippen LogP contribution in [0.3, 0.4) is 0 Å². The van der Waals surface area contributed by atoms with Gasteiger partial charge >= 0.3 is 11.9 Å². The van der Waals surface area contributed by atoms with Gasteiger partial charge in [-0.1, -0.05) is 0 Å². The molecule has 0 spiro atoms. The van der Waals surface area contributed by atoms with Crippen LogP contribution in [0.2, 0.25) is 0 Å². The Labute approximate surface area is 103 Å². The summed E-state index contributed by atoms with van der Waals surface area (Å²) >= 11 is 1.23. The topological polar surface area (TPSA) is 75.6 Å². The number of ether oxygens (including phenoxy) is 1. The fourth-order valence-corrected chi connectivity index (χ4v) is 2.20. The Morgan fingerprint density at radius 1 is 1.59 bits per heavy atom. The van der Waals surface area contributed by atoms with Crippen LogP contribution < -0.4 is 5.32 Å². The molecule has 1 aromatic heterocycles. The SMILES string of the molecule is COC(=O)C(C)NCc1cc(C(=O)O)sc1C. The van der Waals surface area contributed by atoms with Crippen molar-refractivity contribution in [3.8, 4) is 0 Å². The molecule has 1 unspecified atom stereocenters. The highest BCUT2D eigenvalue weighted by molar-refractivity contribution is 7.14. The summed E-state index contributed by atoms with van der Waals surface area (Å²) in [6, 6.07) is 1.21. The first-order chi connectivity index (χ1) is 7.95. The molecule has 2 N–H and O–H groups in total. The van der Waals surface area contributed by atoms with Gasteiger partial charge in [0.2, 0.25) is 0 Å². The van der Waals surface area contributed by atoms with Crippen molar-refractivity contribution in [1.82, 2.24) is 5.32 Å². The summed E-state index contributed by atoms with van der Waals surface area (Å²) in [5.41, 5.74) is 0.892. The van der Waals surface area contributed by atoms with Crippen LogP contribution in [-0.4, -0.2) is 30.2 Å². The molecule has 6 heteroatoms. The number of rotatable bonds is 5. The number of aromatic carboxylic acids is 1. The van der Waals surface area contributed by atoms with E-state index in [9.17, 15) is 9.59 Å². The highest BCUT2D eigenvalue weighted by Gasteiger charge is 2.15. The van der Waals surface area contributed by atoms with Crippen LogP contribution in [0, 0.1) is 6.92 Å². The van der Waals surface area contributed by atoms with Crippen molar-refractivity contribution >= 4 is 23.3 Å². The summed E-state index contributed by atoms with van der Waals surface area (Å²) < 4.78 is 4.58. The first-order valence-electron chi connectivity index (χ1n) is 5.09. The third-order valence-electron chi connectivity index (χ3n) is 2.38. The fraction of sp³-hybridized carbons (Fsp3) is 0.455. The number of carboxylic acids is 1. The lowest BCUT2D eigenvalue weighted by atomic mass is 10.2. The Morgan fingerprint density at radius 3 is 2.71 bits per heavy atom. The van der Waals surface area contributed by atoms with Gasteiger partial charge < -0.3 is 15.2 Å². The molecule has 1 rings (SSSR count). The lowest BCUT2D eigenvalue weighted by Gasteiger charge is -2.10. The van der Waals surface area contributed by atoms with Crippen molar-refractivity contribution in [2.75, 3.05) is 7.11 Å². The lowest BCUT2D eigenvalue weighted by molar-refractivity contribution is -0.142. The summed E-state index contributed by atoms with van der Waals surface area (Å²) in [6.07, 6.45) is 0. The molecule has 1 aromatic rings. The molecule has 1 atom stereocenters. The molecule has 0 saturated heterocycles. The summed E-state index contributed by atoms with van der Waals surface area (Å²) in [6.45, 7) is 4.01. The van der Waals surface area contributed by atoms with E-state index in [4.69, 9.17) is 5.11 Å². The summed E-state index contributed by atoms with van der Waals surface area (Å²) in [7, 11) is 1.33. The van der Waals surface area contributed by atoms with Crippen molar-refractivity contribution in [3.63, 3.8) is 0 Å². The molecule has 5 nitrogen and oxygen atoms in total. The molecule has 0 bridgehead atoms. The van der Waals surface area contributed by atoms with Crippen LogP contribution in [-0.2, 0) is 16.1 Å². The zero-order valence-corrected chi connectivity index (χ0v) is 10.8. The normalized spacial score (nSPS) is 12.2. The number of hydrogen-bond donors (Lipinski definition) is 2. The Morgan fingerprint density at radius 2 is 2.24 bits per heavy atom. The van der Waals surface area contributed by atoms with Gasteiger partial charge in [0, 0.05) is 11.4 Å². The van der Waals surface area contributed by atoms with Gasteiger partial charge in [0.25, 0.3) is 0 Å². The molecular formula is C11H15NO4S. The van der Waals surface area contributed by atoms with Crippen molar-refractivity contribution in [2.45, 2.75) is 26.4 Å². The van der Waals surface area contributed by atoms with Crippen molar-refractivity contribution in [1.29, 1.82) is 0 Å². The largest absolute Gasteiger partial charge is 0.477 e. The molecule has 0 aromatic carbocycles. The predicted molar refractivity (Wildman–Crippen MR) is 64.3 cm³/mol. The fourth-order valence-electron chi connectivity index (χ4n) is 1.32. The number of esters is 1. The van der Waals surface area contributed by atoms with Crippen LogP contribution in [0.15, 0.2) is 6.07 Å². The van der Waals surface area contributed by atoms with Crippen molar-refractivity contribution in [3.05, 3.63) is 21.4 Å². The van der Waals surface area contributed by atoms with E-state index in [1.165, 1.54) is 18.4 Å². The van der Waals surface area contributed by atoms with Gasteiger partial charge in [-0.3, -0.25) is 4.79 Å². The van der Waals surface area contributed by atoms with Gasteiger partial charge in [-0.2, -0.15) is 0 Å². The number of methoxy groups -OCH3 is 1. The van der Waals surface area contributed by atoms with Crippen LogP contribution in [0.5, 0.6) is 0 Å². The van der Waals surface area contributed by atoms with Crippen molar-refractivity contribution < 1.29 is 19.4 Å². The zero-order chi connectivity index (χ0) is 13.0. The van der Waals surface area contributed by atoms with E-state index in [0.717, 1.165) is 10.4 Å². The quantitative estimate of drug-likeness (QED) is 0.780. The number of carboxylic acid groups (broad SMARTS) is 1. The standard InChI is InChI=1S/C11H15NO4S/c1-6(11(15)16-3)12-5-8-4-9(10(13)14)17-7(8)2/h4,6,12H,5H2,1-3H3,(H,13,14). The highest BCUT2D eigenvalue weighted by Crippen LogP contribution is 2.21. The third kappa shape index (κ3) is 3.54. The number of carbonyl (C=O) groups is 2. The minimum Gasteiger partial charge on any atom is -0.477 e. The van der Waals surface area contributed by atoms with E-state index >= 15 is 0 Å². The Balaban J connectivity index is 2.63. The van der Waals surface area contributed by atoms with Crippen LogP contribution in [0.25, 0.3) is 0 Å². The summed E-state index contributed by atoms with van der Waals surface area (Å²) in [5, 5.41) is 11.8. The van der Waals surface area contributed by atoms with Gasteiger partial charge in [0.1, 0.15) is 10.9 Å². The van der Waals surface area contributed by atoms with Crippen LogP contribution >= 0.6 is 11.3 Å². The Bertz CT molecular complexity index is 427. The average molecular weight is 257 g/mol.